The first-order valence-corrected chi connectivity index (χ1v) is 5.79. The van der Waals surface area contributed by atoms with Crippen LogP contribution in [0, 0.1) is 11.7 Å². The van der Waals surface area contributed by atoms with Crippen molar-refractivity contribution >= 4 is 16.8 Å². The zero-order chi connectivity index (χ0) is 11.8. The van der Waals surface area contributed by atoms with Gasteiger partial charge in [0.05, 0.1) is 0 Å². The van der Waals surface area contributed by atoms with Crippen molar-refractivity contribution in [1.29, 1.82) is 0 Å². The van der Waals surface area contributed by atoms with Crippen molar-refractivity contribution in [3.8, 4) is 0 Å². The van der Waals surface area contributed by atoms with Crippen LogP contribution in [0.25, 0.3) is 10.9 Å². The molecule has 0 atom stereocenters. The molecule has 1 heterocycles. The van der Waals surface area contributed by atoms with Crippen molar-refractivity contribution in [1.82, 2.24) is 10.3 Å². The van der Waals surface area contributed by atoms with Crippen LogP contribution in [0.1, 0.15) is 23.3 Å². The number of benzene rings is 1. The molecule has 1 aromatic carbocycles. The molecule has 0 spiro atoms. The molecule has 0 aliphatic heterocycles. The molecule has 1 aromatic heterocycles. The van der Waals surface area contributed by atoms with Gasteiger partial charge in [0.15, 0.2) is 0 Å². The second-order valence-electron chi connectivity index (χ2n) is 4.57. The van der Waals surface area contributed by atoms with Crippen LogP contribution >= 0.6 is 0 Å². The summed E-state index contributed by atoms with van der Waals surface area (Å²) < 4.78 is 13.0. The number of H-pyrrole nitrogens is 1. The Morgan fingerprint density at radius 3 is 3.00 bits per heavy atom. The highest BCUT2D eigenvalue weighted by atomic mass is 19.1. The van der Waals surface area contributed by atoms with Crippen LogP contribution < -0.4 is 5.32 Å². The number of carbonyl (C=O) groups is 1. The molecule has 1 saturated carbocycles. The number of nitrogens with one attached hydrogen (secondary N) is 2. The maximum absolute atomic E-state index is 13.0. The van der Waals surface area contributed by atoms with Crippen molar-refractivity contribution in [3.05, 3.63) is 35.8 Å². The van der Waals surface area contributed by atoms with Crippen molar-refractivity contribution in [3.63, 3.8) is 0 Å². The van der Waals surface area contributed by atoms with Crippen LogP contribution in [0.4, 0.5) is 4.39 Å². The average molecular weight is 232 g/mol. The third kappa shape index (κ3) is 2.16. The van der Waals surface area contributed by atoms with E-state index in [-0.39, 0.29) is 11.7 Å². The van der Waals surface area contributed by atoms with E-state index in [0.717, 1.165) is 17.4 Å². The molecule has 3 nitrogen and oxygen atoms in total. The number of hydrogen-bond donors (Lipinski definition) is 2. The number of aromatic amines is 1. The third-order valence-electron chi connectivity index (χ3n) is 3.08. The first kappa shape index (κ1) is 10.3. The maximum atomic E-state index is 13.0. The minimum Gasteiger partial charge on any atom is -0.351 e. The second-order valence-corrected chi connectivity index (χ2v) is 4.57. The molecule has 3 rings (SSSR count). The Balaban J connectivity index is 1.81. The first-order chi connectivity index (χ1) is 8.22. The smallest absolute Gasteiger partial charge is 0.267 e. The lowest BCUT2D eigenvalue weighted by Crippen LogP contribution is -2.25. The van der Waals surface area contributed by atoms with Crippen LogP contribution in [-0.2, 0) is 0 Å². The predicted octanol–water partition coefficient (Wildman–Crippen LogP) is 2.45. The zero-order valence-corrected chi connectivity index (χ0v) is 9.29. The Morgan fingerprint density at radius 1 is 1.41 bits per heavy atom. The number of hydrogen-bond acceptors (Lipinski definition) is 1. The van der Waals surface area contributed by atoms with Crippen molar-refractivity contribution in [2.75, 3.05) is 6.54 Å². The van der Waals surface area contributed by atoms with Gasteiger partial charge < -0.3 is 10.3 Å². The summed E-state index contributed by atoms with van der Waals surface area (Å²) in [5.74, 6) is 0.246. The lowest BCUT2D eigenvalue weighted by molar-refractivity contribution is 0.0947. The molecule has 17 heavy (non-hydrogen) atoms. The van der Waals surface area contributed by atoms with E-state index in [1.165, 1.54) is 25.0 Å². The van der Waals surface area contributed by atoms with Gasteiger partial charge >= 0.3 is 0 Å². The molecule has 2 aromatic rings. The van der Waals surface area contributed by atoms with Gasteiger partial charge in [-0.2, -0.15) is 0 Å². The Bertz CT molecular complexity index is 572. The highest BCUT2D eigenvalue weighted by Gasteiger charge is 2.22. The van der Waals surface area contributed by atoms with Gasteiger partial charge in [-0.1, -0.05) is 0 Å². The number of aromatic nitrogens is 1. The number of halogens is 1. The summed E-state index contributed by atoms with van der Waals surface area (Å²) in [7, 11) is 0. The largest absolute Gasteiger partial charge is 0.351 e. The fourth-order valence-corrected chi connectivity index (χ4v) is 1.88. The average Bonchev–Trinajstić information content (AvgIpc) is 3.04. The SMILES string of the molecule is O=C(NCC1CC1)c1cc2cc(F)ccc2[nH]1. The van der Waals surface area contributed by atoms with Crippen LogP contribution in [0.3, 0.4) is 0 Å². The Labute approximate surface area is 98.0 Å². The van der Waals surface area contributed by atoms with Gasteiger partial charge in [-0.05, 0) is 43.0 Å². The summed E-state index contributed by atoms with van der Waals surface area (Å²) in [5, 5.41) is 3.60. The Morgan fingerprint density at radius 2 is 2.24 bits per heavy atom. The summed E-state index contributed by atoms with van der Waals surface area (Å²) in [6.45, 7) is 0.739. The summed E-state index contributed by atoms with van der Waals surface area (Å²) >= 11 is 0. The highest BCUT2D eigenvalue weighted by Crippen LogP contribution is 2.27. The summed E-state index contributed by atoms with van der Waals surface area (Å²) in [6, 6.07) is 6.12. The second kappa shape index (κ2) is 3.87. The van der Waals surface area contributed by atoms with Gasteiger partial charge in [0.25, 0.3) is 5.91 Å². The Kier molecular flexibility index (Phi) is 2.35. The molecule has 0 unspecified atom stereocenters. The van der Waals surface area contributed by atoms with E-state index in [4.69, 9.17) is 0 Å². The van der Waals surface area contributed by atoms with Crippen LogP contribution in [0.2, 0.25) is 0 Å². The minimum atomic E-state index is -0.290. The summed E-state index contributed by atoms with van der Waals surface area (Å²) in [6.07, 6.45) is 2.41. The summed E-state index contributed by atoms with van der Waals surface area (Å²) in [4.78, 5) is 14.8. The first-order valence-electron chi connectivity index (χ1n) is 5.79. The number of carbonyl (C=O) groups excluding carboxylic acids is 1. The molecular weight excluding hydrogens is 219 g/mol. The van der Waals surface area contributed by atoms with Gasteiger partial charge in [-0.3, -0.25) is 4.79 Å². The number of amides is 1. The fourth-order valence-electron chi connectivity index (χ4n) is 1.88. The van der Waals surface area contributed by atoms with Crippen LogP contribution in [0.5, 0.6) is 0 Å². The zero-order valence-electron chi connectivity index (χ0n) is 9.29. The van der Waals surface area contributed by atoms with E-state index >= 15 is 0 Å². The van der Waals surface area contributed by atoms with E-state index < -0.39 is 0 Å². The van der Waals surface area contributed by atoms with E-state index in [1.54, 1.807) is 12.1 Å². The fraction of sp³-hybridized carbons (Fsp3) is 0.308. The normalized spacial score (nSPS) is 15.1. The molecule has 4 heteroatoms. The molecule has 1 fully saturated rings. The lowest BCUT2D eigenvalue weighted by Gasteiger charge is -2.00. The Hall–Kier alpha value is -1.84. The molecule has 0 bridgehead atoms. The van der Waals surface area contributed by atoms with Crippen LogP contribution in [0.15, 0.2) is 24.3 Å². The van der Waals surface area contributed by atoms with Crippen molar-refractivity contribution < 1.29 is 9.18 Å². The van der Waals surface area contributed by atoms with Gasteiger partial charge in [-0.15, -0.1) is 0 Å². The quantitative estimate of drug-likeness (QED) is 0.838. The third-order valence-corrected chi connectivity index (χ3v) is 3.08. The topological polar surface area (TPSA) is 44.9 Å². The monoisotopic (exact) mass is 232 g/mol. The van der Waals surface area contributed by atoms with Crippen molar-refractivity contribution in [2.24, 2.45) is 5.92 Å². The predicted molar refractivity (Wildman–Crippen MR) is 63.3 cm³/mol. The number of fused-ring (bicyclic) bond motifs is 1. The van der Waals surface area contributed by atoms with Crippen LogP contribution in [-0.4, -0.2) is 17.4 Å². The maximum Gasteiger partial charge on any atom is 0.267 e. The molecule has 0 radical (unpaired) electrons. The van der Waals surface area contributed by atoms with Crippen molar-refractivity contribution in [2.45, 2.75) is 12.8 Å². The van der Waals surface area contributed by atoms with E-state index in [0.29, 0.717) is 11.6 Å². The minimum absolute atomic E-state index is 0.117. The molecule has 0 saturated heterocycles. The van der Waals surface area contributed by atoms with E-state index in [1.807, 2.05) is 0 Å². The molecule has 88 valence electrons. The van der Waals surface area contributed by atoms with E-state index in [2.05, 4.69) is 10.3 Å². The van der Waals surface area contributed by atoms with E-state index in [9.17, 15) is 9.18 Å². The number of rotatable bonds is 3. The van der Waals surface area contributed by atoms with Gasteiger partial charge in [0.2, 0.25) is 0 Å². The summed E-state index contributed by atoms with van der Waals surface area (Å²) in [5.41, 5.74) is 1.27. The molecule has 1 aliphatic rings. The lowest BCUT2D eigenvalue weighted by atomic mass is 10.2. The molecule has 1 amide bonds. The standard InChI is InChI=1S/C13H13FN2O/c14-10-3-4-11-9(5-10)6-12(16-11)13(17)15-7-8-1-2-8/h3-6,8,16H,1-2,7H2,(H,15,17). The van der Waals surface area contributed by atoms with Gasteiger partial charge in [0, 0.05) is 17.4 Å². The van der Waals surface area contributed by atoms with Gasteiger partial charge in [-0.25, -0.2) is 4.39 Å². The molecule has 2 N–H and O–H groups in total. The highest BCUT2D eigenvalue weighted by molar-refractivity contribution is 5.97. The molecule has 1 aliphatic carbocycles. The van der Waals surface area contributed by atoms with Gasteiger partial charge in [0.1, 0.15) is 11.5 Å². The molecular formula is C13H13FN2O.